The van der Waals surface area contributed by atoms with Crippen molar-refractivity contribution in [3.05, 3.63) is 64.7 Å². The topological polar surface area (TPSA) is 74.1 Å². The second-order valence-electron chi connectivity index (χ2n) is 7.03. The highest BCUT2D eigenvalue weighted by atomic mass is 35.5. The van der Waals surface area contributed by atoms with E-state index >= 15 is 0 Å². The number of nitrogens with zero attached hydrogens (tertiary/aromatic N) is 3. The number of aromatic amines is 1. The van der Waals surface area contributed by atoms with Crippen LogP contribution in [-0.2, 0) is 0 Å². The number of hydrogen-bond acceptors (Lipinski definition) is 4. The molecule has 0 saturated heterocycles. The smallest absolute Gasteiger partial charge is 0.178 e. The van der Waals surface area contributed by atoms with Crippen LogP contribution in [0, 0.1) is 17.2 Å². The Morgan fingerprint density at radius 3 is 2.76 bits per heavy atom. The fourth-order valence-corrected chi connectivity index (χ4v) is 4.22. The number of methoxy groups -OCH3 is 1. The lowest BCUT2D eigenvalue weighted by Crippen LogP contribution is -2.25. The molecule has 6 heteroatoms. The minimum atomic E-state index is -0.399. The molecule has 0 aliphatic carbocycles. The van der Waals surface area contributed by atoms with Crippen LogP contribution in [0.1, 0.15) is 36.8 Å². The molecule has 0 fully saturated rings. The first-order chi connectivity index (χ1) is 14.2. The van der Waals surface area contributed by atoms with Crippen molar-refractivity contribution in [2.24, 2.45) is 10.9 Å². The van der Waals surface area contributed by atoms with Crippen molar-refractivity contribution < 1.29 is 4.74 Å². The van der Waals surface area contributed by atoms with E-state index in [9.17, 15) is 5.26 Å². The van der Waals surface area contributed by atoms with Crippen molar-refractivity contribution in [1.82, 2.24) is 10.2 Å². The Balaban J connectivity index is 1.96. The molecule has 5 nitrogen and oxygen atoms in total. The molecule has 1 aromatic heterocycles. The Morgan fingerprint density at radius 2 is 2.03 bits per heavy atom. The standard InChI is InChI=1S/C23H21ClN4O/c1-3-7-19-17(13-25)20(16-10-4-5-11-18(16)24)21-22(27-28-23(21)26-19)14-8-6-9-15(12-14)29-2/h4-6,8-12,17,20H,3,7H2,1-2H3,(H,27,28). The number of rotatable bonds is 5. The zero-order valence-corrected chi connectivity index (χ0v) is 17.1. The lowest BCUT2D eigenvalue weighted by Gasteiger charge is -2.28. The molecule has 0 bridgehead atoms. The van der Waals surface area contributed by atoms with Crippen LogP contribution in [0.15, 0.2) is 53.5 Å². The maximum atomic E-state index is 10.1. The van der Waals surface area contributed by atoms with Crippen molar-refractivity contribution in [1.29, 1.82) is 5.26 Å². The molecule has 29 heavy (non-hydrogen) atoms. The molecule has 146 valence electrons. The van der Waals surface area contributed by atoms with Crippen LogP contribution in [0.3, 0.4) is 0 Å². The average Bonchev–Trinajstić information content (AvgIpc) is 3.17. The summed E-state index contributed by atoms with van der Waals surface area (Å²) in [4.78, 5) is 4.76. The van der Waals surface area contributed by atoms with Gasteiger partial charge in [0.1, 0.15) is 5.75 Å². The van der Waals surface area contributed by atoms with Crippen LogP contribution in [-0.4, -0.2) is 23.0 Å². The maximum absolute atomic E-state index is 10.1. The summed E-state index contributed by atoms with van der Waals surface area (Å²) in [6.07, 6.45) is 1.66. The summed E-state index contributed by atoms with van der Waals surface area (Å²) in [5.41, 5.74) is 4.44. The fraction of sp³-hybridized carbons (Fsp3) is 0.261. The molecule has 2 atom stereocenters. The first-order valence-electron chi connectivity index (χ1n) is 9.62. The minimum absolute atomic E-state index is 0.247. The summed E-state index contributed by atoms with van der Waals surface area (Å²) in [6.45, 7) is 2.09. The molecule has 1 aliphatic heterocycles. The van der Waals surface area contributed by atoms with Crippen LogP contribution in [0.25, 0.3) is 11.3 Å². The van der Waals surface area contributed by atoms with E-state index in [4.69, 9.17) is 21.3 Å². The second kappa shape index (κ2) is 8.10. The monoisotopic (exact) mass is 404 g/mol. The summed E-state index contributed by atoms with van der Waals surface area (Å²) in [5, 5.41) is 18.4. The van der Waals surface area contributed by atoms with Crippen molar-refractivity contribution in [3.63, 3.8) is 0 Å². The van der Waals surface area contributed by atoms with Crippen molar-refractivity contribution in [3.8, 4) is 23.1 Å². The highest BCUT2D eigenvalue weighted by Gasteiger charge is 2.38. The van der Waals surface area contributed by atoms with Crippen molar-refractivity contribution in [2.45, 2.75) is 25.7 Å². The predicted molar refractivity (Wildman–Crippen MR) is 115 cm³/mol. The molecule has 2 aromatic carbocycles. The zero-order chi connectivity index (χ0) is 20.4. The van der Waals surface area contributed by atoms with Gasteiger partial charge in [-0.25, -0.2) is 4.99 Å². The van der Waals surface area contributed by atoms with E-state index in [1.54, 1.807) is 7.11 Å². The van der Waals surface area contributed by atoms with Crippen LogP contribution >= 0.6 is 11.6 Å². The number of halogens is 1. The van der Waals surface area contributed by atoms with Gasteiger partial charge in [-0.1, -0.05) is 55.3 Å². The quantitative estimate of drug-likeness (QED) is 0.575. The molecule has 0 saturated carbocycles. The van der Waals surface area contributed by atoms with Crippen molar-refractivity contribution >= 4 is 23.1 Å². The van der Waals surface area contributed by atoms with Gasteiger partial charge in [0, 0.05) is 27.8 Å². The normalized spacial score (nSPS) is 17.9. The lowest BCUT2D eigenvalue weighted by molar-refractivity contribution is 0.415. The fourth-order valence-electron chi connectivity index (χ4n) is 3.96. The average molecular weight is 405 g/mol. The molecule has 4 rings (SSSR count). The van der Waals surface area contributed by atoms with Gasteiger partial charge in [0.05, 0.1) is 24.8 Å². The highest BCUT2D eigenvalue weighted by molar-refractivity contribution is 6.31. The van der Waals surface area contributed by atoms with E-state index in [-0.39, 0.29) is 5.92 Å². The molecular weight excluding hydrogens is 384 g/mol. The van der Waals surface area contributed by atoms with E-state index in [1.165, 1.54) is 0 Å². The van der Waals surface area contributed by atoms with E-state index in [1.807, 2.05) is 48.5 Å². The van der Waals surface area contributed by atoms with Gasteiger partial charge >= 0.3 is 0 Å². The lowest BCUT2D eigenvalue weighted by atomic mass is 9.75. The van der Waals surface area contributed by atoms with Crippen LogP contribution in [0.4, 0.5) is 5.82 Å². The van der Waals surface area contributed by atoms with Gasteiger partial charge in [-0.15, -0.1) is 0 Å². The Hall–Kier alpha value is -3.10. The largest absolute Gasteiger partial charge is 0.497 e. The Morgan fingerprint density at radius 1 is 1.21 bits per heavy atom. The minimum Gasteiger partial charge on any atom is -0.497 e. The Labute approximate surface area is 175 Å². The molecule has 1 aliphatic rings. The van der Waals surface area contributed by atoms with Gasteiger partial charge in [-0.3, -0.25) is 5.10 Å². The Bertz CT molecular complexity index is 1110. The highest BCUT2D eigenvalue weighted by Crippen LogP contribution is 2.48. The number of nitrogens with one attached hydrogen (secondary N) is 1. The van der Waals surface area contributed by atoms with Gasteiger partial charge in [0.25, 0.3) is 0 Å². The van der Waals surface area contributed by atoms with E-state index < -0.39 is 5.92 Å². The zero-order valence-electron chi connectivity index (χ0n) is 16.3. The van der Waals surface area contributed by atoms with Gasteiger partial charge in [0.15, 0.2) is 5.82 Å². The molecule has 3 aromatic rings. The first-order valence-corrected chi connectivity index (χ1v) is 9.99. The number of hydrogen-bond donors (Lipinski definition) is 1. The van der Waals surface area contributed by atoms with Gasteiger partial charge in [-0.05, 0) is 30.2 Å². The molecule has 2 unspecified atom stereocenters. The number of aliphatic imine (C=N–C) groups is 1. The SMILES string of the molecule is CCCC1=Nc2n[nH]c(-c3cccc(OC)c3)c2C(c2ccccc2Cl)C1C#N. The number of nitriles is 1. The van der Waals surface area contributed by atoms with Crippen LogP contribution in [0.2, 0.25) is 5.02 Å². The summed E-state index contributed by atoms with van der Waals surface area (Å²) < 4.78 is 5.38. The van der Waals surface area contributed by atoms with Crippen molar-refractivity contribution in [2.75, 3.05) is 7.11 Å². The molecule has 1 N–H and O–H groups in total. The summed E-state index contributed by atoms with van der Waals surface area (Å²) in [7, 11) is 1.64. The number of benzene rings is 2. The molecule has 0 spiro atoms. The molecule has 0 radical (unpaired) electrons. The second-order valence-corrected chi connectivity index (χ2v) is 7.43. The number of fused-ring (bicyclic) bond motifs is 1. The number of H-pyrrole nitrogens is 1. The summed E-state index contributed by atoms with van der Waals surface area (Å²) in [5.74, 6) is 0.734. The number of aromatic nitrogens is 2. The van der Waals surface area contributed by atoms with E-state index in [0.717, 1.165) is 46.7 Å². The summed E-state index contributed by atoms with van der Waals surface area (Å²) in [6, 6.07) is 18.0. The predicted octanol–water partition coefficient (Wildman–Crippen LogP) is 5.90. The molecular formula is C23H21ClN4O. The van der Waals surface area contributed by atoms with E-state index in [2.05, 4.69) is 23.2 Å². The third-order valence-electron chi connectivity index (χ3n) is 5.28. The van der Waals surface area contributed by atoms with E-state index in [0.29, 0.717) is 10.8 Å². The third kappa shape index (κ3) is 3.41. The molecule has 2 heterocycles. The molecule has 0 amide bonds. The maximum Gasteiger partial charge on any atom is 0.178 e. The Kier molecular flexibility index (Phi) is 5.37. The first kappa shape index (κ1) is 19.2. The van der Waals surface area contributed by atoms with Gasteiger partial charge in [0.2, 0.25) is 0 Å². The van der Waals surface area contributed by atoms with Crippen LogP contribution in [0.5, 0.6) is 5.75 Å². The number of ether oxygens (including phenoxy) is 1. The summed E-state index contributed by atoms with van der Waals surface area (Å²) >= 11 is 6.58. The van der Waals surface area contributed by atoms with Crippen LogP contribution < -0.4 is 4.74 Å². The van der Waals surface area contributed by atoms with Gasteiger partial charge in [-0.2, -0.15) is 10.4 Å². The third-order valence-corrected chi connectivity index (χ3v) is 5.62. The van der Waals surface area contributed by atoms with Gasteiger partial charge < -0.3 is 4.74 Å².